The third-order valence-corrected chi connectivity index (χ3v) is 2.29. The fourth-order valence-corrected chi connectivity index (χ4v) is 1.43. The van der Waals surface area contributed by atoms with E-state index < -0.39 is 0 Å². The molecule has 0 saturated heterocycles. The summed E-state index contributed by atoms with van der Waals surface area (Å²) in [4.78, 5) is 11.4. The topological polar surface area (TPSA) is 34.9 Å². The van der Waals surface area contributed by atoms with Gasteiger partial charge in [-0.15, -0.1) is 0 Å². The van der Waals surface area contributed by atoms with E-state index in [1.807, 2.05) is 0 Å². The molecule has 4 heteroatoms. The predicted molar refractivity (Wildman–Crippen MR) is 61.0 cm³/mol. The van der Waals surface area contributed by atoms with E-state index in [2.05, 4.69) is 41.8 Å². The van der Waals surface area contributed by atoms with E-state index in [9.17, 15) is 4.79 Å². The molecule has 78 valence electrons. The summed E-state index contributed by atoms with van der Waals surface area (Å²) in [5.74, 6) is 0. The fraction of sp³-hybridized carbons (Fsp3) is 0.600. The number of hydrogen-bond acceptors (Lipinski definition) is 2. The number of hydrogen-bond donors (Lipinski definition) is 0. The van der Waals surface area contributed by atoms with Crippen LogP contribution in [0, 0.1) is 0 Å². The quantitative estimate of drug-likeness (QED) is 0.761. The molecule has 1 aromatic heterocycles. The second kappa shape index (κ2) is 4.26. The number of halogens is 1. The van der Waals surface area contributed by atoms with Gasteiger partial charge >= 0.3 is 0 Å². The molecule has 0 amide bonds. The van der Waals surface area contributed by atoms with Crippen LogP contribution in [0.5, 0.6) is 0 Å². The minimum absolute atomic E-state index is 0.0121. The van der Waals surface area contributed by atoms with Gasteiger partial charge < -0.3 is 0 Å². The average molecular weight is 259 g/mol. The molecule has 0 bridgehead atoms. The Morgan fingerprint density at radius 3 is 2.57 bits per heavy atom. The lowest BCUT2D eigenvalue weighted by Crippen LogP contribution is -2.27. The molecule has 0 aliphatic rings. The average Bonchev–Trinajstić information content (AvgIpc) is 2.07. The molecule has 1 rings (SSSR count). The summed E-state index contributed by atoms with van der Waals surface area (Å²) in [6.45, 7) is 6.86. The van der Waals surface area contributed by atoms with Crippen molar-refractivity contribution in [1.29, 1.82) is 0 Å². The Kier molecular flexibility index (Phi) is 3.48. The van der Waals surface area contributed by atoms with Gasteiger partial charge in [0, 0.05) is 16.8 Å². The van der Waals surface area contributed by atoms with Crippen LogP contribution in [-0.4, -0.2) is 15.1 Å². The molecule has 0 aromatic carbocycles. The van der Waals surface area contributed by atoms with Gasteiger partial charge in [0.2, 0.25) is 0 Å². The summed E-state index contributed by atoms with van der Waals surface area (Å²) >= 11 is 3.30. The van der Waals surface area contributed by atoms with E-state index in [1.165, 1.54) is 4.68 Å². The van der Waals surface area contributed by atoms with Crippen molar-refractivity contribution < 1.29 is 0 Å². The first-order chi connectivity index (χ1) is 6.45. The van der Waals surface area contributed by atoms with Crippen LogP contribution in [0.15, 0.2) is 16.9 Å². The van der Waals surface area contributed by atoms with Gasteiger partial charge in [0.05, 0.1) is 12.2 Å². The minimum Gasteiger partial charge on any atom is -0.268 e. The minimum atomic E-state index is -0.0440. The van der Waals surface area contributed by atoms with Crippen LogP contribution in [0.4, 0.5) is 0 Å². The summed E-state index contributed by atoms with van der Waals surface area (Å²) < 4.78 is 1.50. The third-order valence-electron chi connectivity index (χ3n) is 1.93. The summed E-state index contributed by atoms with van der Waals surface area (Å²) in [6.07, 6.45) is 0. The van der Waals surface area contributed by atoms with Crippen LogP contribution in [0.25, 0.3) is 0 Å². The molecule has 0 radical (unpaired) electrons. The van der Waals surface area contributed by atoms with Crippen LogP contribution in [0.2, 0.25) is 0 Å². The molecular formula is C10H15BrN2O. The van der Waals surface area contributed by atoms with E-state index >= 15 is 0 Å². The Labute approximate surface area is 92.3 Å². The highest BCUT2D eigenvalue weighted by Gasteiger charge is 2.16. The molecule has 1 heterocycles. The van der Waals surface area contributed by atoms with Crippen molar-refractivity contribution in [3.63, 3.8) is 0 Å². The smallest absolute Gasteiger partial charge is 0.266 e. The molecule has 0 N–H and O–H groups in total. The zero-order valence-corrected chi connectivity index (χ0v) is 10.3. The molecule has 3 nitrogen and oxygen atoms in total. The maximum absolute atomic E-state index is 11.4. The molecule has 0 aliphatic heterocycles. The lowest BCUT2D eigenvalue weighted by molar-refractivity contribution is 0.513. The molecule has 1 aromatic rings. The van der Waals surface area contributed by atoms with Gasteiger partial charge in [-0.25, -0.2) is 4.68 Å². The number of aryl methyl sites for hydroxylation is 1. The molecular weight excluding hydrogens is 244 g/mol. The second-order valence-electron chi connectivity index (χ2n) is 4.22. The van der Waals surface area contributed by atoms with Crippen LogP contribution >= 0.6 is 15.9 Å². The number of alkyl halides is 1. The highest BCUT2D eigenvalue weighted by Crippen LogP contribution is 2.17. The van der Waals surface area contributed by atoms with E-state index in [4.69, 9.17) is 0 Å². The van der Waals surface area contributed by atoms with Crippen LogP contribution in [-0.2, 0) is 12.0 Å². The Balaban J connectivity index is 3.13. The first kappa shape index (κ1) is 11.4. The SMILES string of the molecule is CC(C)(C)c1ccc(=O)n(CCBr)n1. The zero-order valence-electron chi connectivity index (χ0n) is 8.75. The molecule has 0 atom stereocenters. The van der Waals surface area contributed by atoms with E-state index in [0.717, 1.165) is 11.0 Å². The van der Waals surface area contributed by atoms with Gasteiger partial charge in [-0.2, -0.15) is 5.10 Å². The predicted octanol–water partition coefficient (Wildman–Crippen LogP) is 1.94. The van der Waals surface area contributed by atoms with Crippen LogP contribution in [0.3, 0.4) is 0 Å². The zero-order chi connectivity index (χ0) is 10.8. The van der Waals surface area contributed by atoms with E-state index in [1.54, 1.807) is 12.1 Å². The Morgan fingerprint density at radius 2 is 2.07 bits per heavy atom. The van der Waals surface area contributed by atoms with Crippen LogP contribution in [0.1, 0.15) is 26.5 Å². The van der Waals surface area contributed by atoms with E-state index in [0.29, 0.717) is 6.54 Å². The van der Waals surface area contributed by atoms with Crippen molar-refractivity contribution in [2.75, 3.05) is 5.33 Å². The number of nitrogens with zero attached hydrogens (tertiary/aromatic N) is 2. The van der Waals surface area contributed by atoms with Gasteiger partial charge in [-0.1, -0.05) is 36.7 Å². The summed E-state index contributed by atoms with van der Waals surface area (Å²) in [7, 11) is 0. The number of aromatic nitrogens is 2. The Bertz CT molecular complexity index is 365. The monoisotopic (exact) mass is 258 g/mol. The van der Waals surface area contributed by atoms with Crippen molar-refractivity contribution in [2.45, 2.75) is 32.7 Å². The Morgan fingerprint density at radius 1 is 1.43 bits per heavy atom. The van der Waals surface area contributed by atoms with Crippen molar-refractivity contribution in [3.05, 3.63) is 28.2 Å². The highest BCUT2D eigenvalue weighted by molar-refractivity contribution is 9.09. The summed E-state index contributed by atoms with van der Waals surface area (Å²) in [5, 5.41) is 5.05. The fourth-order valence-electron chi connectivity index (χ4n) is 1.09. The normalized spacial score (nSPS) is 11.7. The molecule has 0 unspecified atom stereocenters. The highest BCUT2D eigenvalue weighted by atomic mass is 79.9. The van der Waals surface area contributed by atoms with Crippen LogP contribution < -0.4 is 5.56 Å². The first-order valence-corrected chi connectivity index (χ1v) is 5.72. The first-order valence-electron chi connectivity index (χ1n) is 4.60. The number of rotatable bonds is 2. The maximum atomic E-state index is 11.4. The van der Waals surface area contributed by atoms with Gasteiger partial charge in [0.15, 0.2) is 0 Å². The maximum Gasteiger partial charge on any atom is 0.266 e. The van der Waals surface area contributed by atoms with Gasteiger partial charge in [0.25, 0.3) is 5.56 Å². The van der Waals surface area contributed by atoms with E-state index in [-0.39, 0.29) is 11.0 Å². The largest absolute Gasteiger partial charge is 0.268 e. The summed E-state index contributed by atoms with van der Waals surface area (Å²) in [5.41, 5.74) is 0.886. The second-order valence-corrected chi connectivity index (χ2v) is 5.01. The standard InChI is InChI=1S/C10H15BrN2O/c1-10(2,3)8-4-5-9(14)13(12-8)7-6-11/h4-5H,6-7H2,1-3H3. The Hall–Kier alpha value is -0.640. The van der Waals surface area contributed by atoms with Crippen molar-refractivity contribution in [3.8, 4) is 0 Å². The molecule has 0 fully saturated rings. The molecule has 0 aliphatic carbocycles. The van der Waals surface area contributed by atoms with Crippen molar-refractivity contribution >= 4 is 15.9 Å². The van der Waals surface area contributed by atoms with Gasteiger partial charge in [-0.3, -0.25) is 4.79 Å². The molecule has 0 spiro atoms. The molecule has 0 saturated carbocycles. The molecule has 14 heavy (non-hydrogen) atoms. The lowest BCUT2D eigenvalue weighted by atomic mass is 9.92. The lowest BCUT2D eigenvalue weighted by Gasteiger charge is -2.18. The van der Waals surface area contributed by atoms with Gasteiger partial charge in [-0.05, 0) is 6.07 Å². The summed E-state index contributed by atoms with van der Waals surface area (Å²) in [6, 6.07) is 3.38. The van der Waals surface area contributed by atoms with Crippen molar-refractivity contribution in [1.82, 2.24) is 9.78 Å². The van der Waals surface area contributed by atoms with Crippen molar-refractivity contribution in [2.24, 2.45) is 0 Å². The van der Waals surface area contributed by atoms with Gasteiger partial charge in [0.1, 0.15) is 0 Å². The third kappa shape index (κ3) is 2.67.